The van der Waals surface area contributed by atoms with Crippen LogP contribution < -0.4 is 10.1 Å². The maximum atomic E-state index is 12.7. The van der Waals surface area contributed by atoms with Crippen molar-refractivity contribution in [2.75, 3.05) is 19.6 Å². The van der Waals surface area contributed by atoms with Crippen LogP contribution >= 0.6 is 15.9 Å². The molecule has 1 aliphatic heterocycles. The fourth-order valence-electron chi connectivity index (χ4n) is 2.79. The first kappa shape index (κ1) is 17.0. The molecule has 1 fully saturated rings. The third-order valence-corrected chi connectivity index (χ3v) is 4.73. The Morgan fingerprint density at radius 1 is 1.29 bits per heavy atom. The van der Waals surface area contributed by atoms with Crippen molar-refractivity contribution in [2.24, 2.45) is 0 Å². The predicted molar refractivity (Wildman–Crippen MR) is 98.3 cm³/mol. The number of hydrogen-bond acceptors (Lipinski definition) is 3. The molecule has 0 aromatic heterocycles. The number of carbonyl (C=O) groups is 1. The van der Waals surface area contributed by atoms with Crippen LogP contribution in [0.4, 0.5) is 0 Å². The SMILES string of the molecule is C[C@@H]1CN(C(=O)c2ccc(OCc3ccccc3)cc2Br)CCN1. The van der Waals surface area contributed by atoms with Crippen LogP contribution in [0.3, 0.4) is 0 Å². The molecular formula is C19H21BrN2O2. The second kappa shape index (κ2) is 7.81. The number of hydrogen-bond donors (Lipinski definition) is 1. The van der Waals surface area contributed by atoms with Crippen LogP contribution in [0, 0.1) is 0 Å². The summed E-state index contributed by atoms with van der Waals surface area (Å²) in [6.45, 7) is 4.91. The molecule has 1 atom stereocenters. The summed E-state index contributed by atoms with van der Waals surface area (Å²) < 4.78 is 6.57. The molecule has 0 unspecified atom stereocenters. The van der Waals surface area contributed by atoms with E-state index in [9.17, 15) is 4.79 Å². The fraction of sp³-hybridized carbons (Fsp3) is 0.316. The Morgan fingerprint density at radius 2 is 2.08 bits per heavy atom. The predicted octanol–water partition coefficient (Wildman–Crippen LogP) is 3.46. The van der Waals surface area contributed by atoms with Crippen molar-refractivity contribution in [1.82, 2.24) is 10.2 Å². The minimum absolute atomic E-state index is 0.0600. The van der Waals surface area contributed by atoms with Gasteiger partial charge in [-0.15, -0.1) is 0 Å². The topological polar surface area (TPSA) is 41.6 Å². The Kier molecular flexibility index (Phi) is 5.53. The summed E-state index contributed by atoms with van der Waals surface area (Å²) in [5, 5.41) is 3.35. The molecule has 0 aliphatic carbocycles. The summed E-state index contributed by atoms with van der Waals surface area (Å²) in [5.41, 5.74) is 1.79. The lowest BCUT2D eigenvalue weighted by Crippen LogP contribution is -2.51. The molecule has 3 rings (SSSR count). The molecule has 2 aromatic carbocycles. The smallest absolute Gasteiger partial charge is 0.255 e. The Labute approximate surface area is 150 Å². The zero-order valence-electron chi connectivity index (χ0n) is 13.7. The molecule has 0 bridgehead atoms. The molecule has 0 spiro atoms. The van der Waals surface area contributed by atoms with Crippen LogP contribution in [0.2, 0.25) is 0 Å². The van der Waals surface area contributed by atoms with Crippen molar-refractivity contribution in [3.8, 4) is 5.75 Å². The average molecular weight is 389 g/mol. The standard InChI is InChI=1S/C19H21BrN2O2/c1-14-12-22(10-9-21-14)19(23)17-8-7-16(11-18(17)20)24-13-15-5-3-2-4-6-15/h2-8,11,14,21H,9-10,12-13H2,1H3/t14-/m1/s1. The summed E-state index contributed by atoms with van der Waals surface area (Å²) in [4.78, 5) is 14.6. The number of nitrogens with one attached hydrogen (secondary N) is 1. The molecule has 24 heavy (non-hydrogen) atoms. The van der Waals surface area contributed by atoms with Crippen molar-refractivity contribution >= 4 is 21.8 Å². The zero-order valence-corrected chi connectivity index (χ0v) is 15.3. The summed E-state index contributed by atoms with van der Waals surface area (Å²) in [7, 11) is 0. The fourth-order valence-corrected chi connectivity index (χ4v) is 3.31. The third kappa shape index (κ3) is 4.16. The van der Waals surface area contributed by atoms with Gasteiger partial charge in [0, 0.05) is 30.1 Å². The van der Waals surface area contributed by atoms with Crippen LogP contribution in [-0.4, -0.2) is 36.5 Å². The number of benzene rings is 2. The largest absolute Gasteiger partial charge is 0.489 e. The van der Waals surface area contributed by atoms with E-state index in [1.807, 2.05) is 53.4 Å². The minimum atomic E-state index is 0.0600. The number of halogens is 1. The molecule has 1 heterocycles. The highest BCUT2D eigenvalue weighted by Crippen LogP contribution is 2.25. The lowest BCUT2D eigenvalue weighted by atomic mass is 10.1. The van der Waals surface area contributed by atoms with E-state index in [1.165, 1.54) is 0 Å². The normalized spacial score (nSPS) is 17.6. The first-order valence-corrected chi connectivity index (χ1v) is 8.92. The average Bonchev–Trinajstić information content (AvgIpc) is 2.60. The maximum Gasteiger partial charge on any atom is 0.255 e. The molecule has 5 heteroatoms. The number of amides is 1. The molecular weight excluding hydrogens is 368 g/mol. The lowest BCUT2D eigenvalue weighted by molar-refractivity contribution is 0.0708. The van der Waals surface area contributed by atoms with Crippen LogP contribution in [0.15, 0.2) is 53.0 Å². The molecule has 1 aliphatic rings. The molecule has 0 radical (unpaired) electrons. The van der Waals surface area contributed by atoms with E-state index in [0.29, 0.717) is 18.2 Å². The lowest BCUT2D eigenvalue weighted by Gasteiger charge is -2.32. The summed E-state index contributed by atoms with van der Waals surface area (Å²) in [5.74, 6) is 0.806. The minimum Gasteiger partial charge on any atom is -0.489 e. The van der Waals surface area contributed by atoms with Gasteiger partial charge in [-0.05, 0) is 46.6 Å². The van der Waals surface area contributed by atoms with E-state index >= 15 is 0 Å². The van der Waals surface area contributed by atoms with Gasteiger partial charge in [0.25, 0.3) is 5.91 Å². The van der Waals surface area contributed by atoms with E-state index in [0.717, 1.165) is 35.4 Å². The molecule has 0 saturated carbocycles. The van der Waals surface area contributed by atoms with E-state index in [1.54, 1.807) is 0 Å². The van der Waals surface area contributed by atoms with Gasteiger partial charge in [-0.1, -0.05) is 30.3 Å². The van der Waals surface area contributed by atoms with Crippen LogP contribution in [0.1, 0.15) is 22.8 Å². The van der Waals surface area contributed by atoms with Gasteiger partial charge in [0.05, 0.1) is 5.56 Å². The summed E-state index contributed by atoms with van der Waals surface area (Å²) in [6.07, 6.45) is 0. The third-order valence-electron chi connectivity index (χ3n) is 4.08. The Hall–Kier alpha value is -1.85. The molecule has 4 nitrogen and oxygen atoms in total. The van der Waals surface area contributed by atoms with E-state index in [-0.39, 0.29) is 5.91 Å². The zero-order chi connectivity index (χ0) is 16.9. The number of ether oxygens (including phenoxy) is 1. The molecule has 1 N–H and O–H groups in total. The van der Waals surface area contributed by atoms with E-state index in [4.69, 9.17) is 4.74 Å². The van der Waals surface area contributed by atoms with Gasteiger partial charge < -0.3 is 15.0 Å². The van der Waals surface area contributed by atoms with Crippen molar-refractivity contribution in [3.63, 3.8) is 0 Å². The molecule has 1 saturated heterocycles. The first-order valence-electron chi connectivity index (χ1n) is 8.12. The van der Waals surface area contributed by atoms with Gasteiger partial charge in [-0.2, -0.15) is 0 Å². The van der Waals surface area contributed by atoms with Gasteiger partial charge in [0.1, 0.15) is 12.4 Å². The monoisotopic (exact) mass is 388 g/mol. The molecule has 2 aromatic rings. The Balaban J connectivity index is 1.67. The van der Waals surface area contributed by atoms with Gasteiger partial charge in [0.15, 0.2) is 0 Å². The second-order valence-corrected chi connectivity index (χ2v) is 6.88. The van der Waals surface area contributed by atoms with Gasteiger partial charge in [-0.25, -0.2) is 0 Å². The Morgan fingerprint density at radius 3 is 2.79 bits per heavy atom. The Bertz CT molecular complexity index is 706. The highest BCUT2D eigenvalue weighted by atomic mass is 79.9. The van der Waals surface area contributed by atoms with Gasteiger partial charge in [-0.3, -0.25) is 4.79 Å². The molecule has 1 amide bonds. The van der Waals surface area contributed by atoms with Crippen molar-refractivity contribution < 1.29 is 9.53 Å². The van der Waals surface area contributed by atoms with Crippen LogP contribution in [-0.2, 0) is 6.61 Å². The quantitative estimate of drug-likeness (QED) is 0.871. The van der Waals surface area contributed by atoms with Crippen LogP contribution in [0.5, 0.6) is 5.75 Å². The van der Waals surface area contributed by atoms with Crippen molar-refractivity contribution in [1.29, 1.82) is 0 Å². The number of rotatable bonds is 4. The number of nitrogens with zero attached hydrogens (tertiary/aromatic N) is 1. The summed E-state index contributed by atoms with van der Waals surface area (Å²) >= 11 is 3.51. The second-order valence-electron chi connectivity index (χ2n) is 6.02. The van der Waals surface area contributed by atoms with Gasteiger partial charge in [0.2, 0.25) is 0 Å². The van der Waals surface area contributed by atoms with Gasteiger partial charge >= 0.3 is 0 Å². The van der Waals surface area contributed by atoms with Crippen molar-refractivity contribution in [3.05, 3.63) is 64.1 Å². The van der Waals surface area contributed by atoms with Crippen LogP contribution in [0.25, 0.3) is 0 Å². The van der Waals surface area contributed by atoms with Crippen molar-refractivity contribution in [2.45, 2.75) is 19.6 Å². The first-order chi connectivity index (χ1) is 11.6. The highest BCUT2D eigenvalue weighted by molar-refractivity contribution is 9.10. The highest BCUT2D eigenvalue weighted by Gasteiger charge is 2.23. The molecule has 126 valence electrons. The van der Waals surface area contributed by atoms with E-state index < -0.39 is 0 Å². The number of piperazine rings is 1. The maximum absolute atomic E-state index is 12.7. The number of carbonyl (C=O) groups excluding carboxylic acids is 1. The summed E-state index contributed by atoms with van der Waals surface area (Å²) in [6, 6.07) is 15.9. The van der Waals surface area contributed by atoms with E-state index in [2.05, 4.69) is 28.2 Å².